The molecule has 14 aromatic carbocycles. The molecule has 0 radical (unpaired) electrons. The second-order valence-corrected chi connectivity index (χ2v) is 26.2. The fraction of sp³-hybridized carbons (Fsp3) is 0. The fourth-order valence-corrected chi connectivity index (χ4v) is 15.1. The van der Waals surface area contributed by atoms with Gasteiger partial charge in [-0.1, -0.05) is 229 Å². The molecule has 0 saturated heterocycles. The third-order valence-electron chi connectivity index (χ3n) is 20.2. The van der Waals surface area contributed by atoms with Crippen LogP contribution in [0.3, 0.4) is 0 Å². The SMILES string of the molecule is C#Cc1cccc(-c2cc(-c3ccc4c(c3)c3cc(-c5ccc6c(c5)c5cc(-c7cccc(-c8ccc(-c9cccc(C#C)c9C#C)cc8-c8cccc(C#C)c8C#C)c7)ccc5n6-c5nc(-c6ccccc6)nc(-c6ccccc6)n5)ccc3n4-c3ccccc3)cc(-c3cccc(C#C)c3C#C)c2)c1C#C. The van der Waals surface area contributed by atoms with Crippen molar-refractivity contribution in [2.45, 2.75) is 0 Å². The van der Waals surface area contributed by atoms with Gasteiger partial charge in [0.1, 0.15) is 0 Å². The summed E-state index contributed by atoms with van der Waals surface area (Å²) in [7, 11) is 0. The first kappa shape index (κ1) is 65.5. The lowest BCUT2D eigenvalue weighted by molar-refractivity contribution is 0.953. The molecule has 0 aliphatic carbocycles. The number of benzene rings is 14. The van der Waals surface area contributed by atoms with Crippen molar-refractivity contribution in [2.24, 2.45) is 0 Å². The molecule has 3 aromatic heterocycles. The van der Waals surface area contributed by atoms with Crippen LogP contribution in [0.5, 0.6) is 0 Å². The quantitative estimate of drug-likeness (QED) is 0.115. The summed E-state index contributed by atoms with van der Waals surface area (Å²) in [5.41, 5.74) is 26.3. The fourth-order valence-electron chi connectivity index (χ4n) is 15.1. The Morgan fingerprint density at radius 2 is 0.528 bits per heavy atom. The Hall–Kier alpha value is -15.8. The molecule has 5 nitrogen and oxygen atoms in total. The van der Waals surface area contributed by atoms with E-state index in [1.807, 2.05) is 140 Å². The Morgan fingerprint density at radius 3 is 0.963 bits per heavy atom. The van der Waals surface area contributed by atoms with Gasteiger partial charge >= 0.3 is 0 Å². The van der Waals surface area contributed by atoms with Gasteiger partial charge in [0.25, 0.3) is 0 Å². The molecule has 0 atom stereocenters. The van der Waals surface area contributed by atoms with Crippen molar-refractivity contribution in [3.8, 4) is 222 Å². The van der Waals surface area contributed by atoms with Gasteiger partial charge in [-0.3, -0.25) is 4.57 Å². The largest absolute Gasteiger partial charge is 0.309 e. The molecule has 3 heterocycles. The number of rotatable bonds is 12. The molecule has 0 spiro atoms. The van der Waals surface area contributed by atoms with E-state index in [4.69, 9.17) is 66.3 Å². The Balaban J connectivity index is 0.864. The third-order valence-corrected chi connectivity index (χ3v) is 20.2. The Labute approximate surface area is 627 Å². The number of terminal acetylenes is 8. The second kappa shape index (κ2) is 27.5. The predicted molar refractivity (Wildman–Crippen MR) is 446 cm³/mol. The summed E-state index contributed by atoms with van der Waals surface area (Å²) in [6.45, 7) is 0. The molecule has 17 rings (SSSR count). The topological polar surface area (TPSA) is 48.5 Å². The number of hydrogen-bond acceptors (Lipinski definition) is 3. The molecule has 0 amide bonds. The van der Waals surface area contributed by atoms with Gasteiger partial charge in [-0.2, -0.15) is 9.97 Å². The van der Waals surface area contributed by atoms with E-state index >= 15 is 0 Å². The van der Waals surface area contributed by atoms with E-state index in [1.54, 1.807) is 0 Å². The van der Waals surface area contributed by atoms with Crippen LogP contribution in [-0.4, -0.2) is 24.1 Å². The van der Waals surface area contributed by atoms with Crippen LogP contribution < -0.4 is 0 Å². The summed E-state index contributed by atoms with van der Waals surface area (Å²) in [5.74, 6) is 24.4. The Bertz CT molecular complexity index is 6850. The van der Waals surface area contributed by atoms with E-state index in [0.29, 0.717) is 62.1 Å². The first-order chi connectivity index (χ1) is 53.2. The van der Waals surface area contributed by atoms with E-state index in [9.17, 15) is 0 Å². The molecule has 0 aliphatic heterocycles. The van der Waals surface area contributed by atoms with Gasteiger partial charge in [-0.15, -0.1) is 51.4 Å². The third kappa shape index (κ3) is 11.4. The summed E-state index contributed by atoms with van der Waals surface area (Å²) in [4.78, 5) is 15.8. The summed E-state index contributed by atoms with van der Waals surface area (Å²) in [6.07, 6.45) is 49.4. The van der Waals surface area contributed by atoms with Gasteiger partial charge in [-0.25, -0.2) is 4.98 Å². The van der Waals surface area contributed by atoms with Crippen LogP contribution in [0, 0.1) is 98.8 Å². The number of aromatic nitrogens is 5. The Kier molecular flexibility index (Phi) is 16.7. The van der Waals surface area contributed by atoms with E-state index in [0.717, 1.165) is 149 Å². The molecule has 0 saturated carbocycles. The maximum Gasteiger partial charge on any atom is 0.238 e. The number of fused-ring (bicyclic) bond motifs is 6. The van der Waals surface area contributed by atoms with E-state index in [-0.39, 0.29) is 0 Å². The highest BCUT2D eigenvalue weighted by Crippen LogP contribution is 2.45. The van der Waals surface area contributed by atoms with Gasteiger partial charge < -0.3 is 4.57 Å². The zero-order valence-corrected chi connectivity index (χ0v) is 58.1. The molecule has 5 heteroatoms. The molecule has 0 bridgehead atoms. The van der Waals surface area contributed by atoms with Crippen molar-refractivity contribution in [1.29, 1.82) is 0 Å². The molecule has 0 fully saturated rings. The van der Waals surface area contributed by atoms with E-state index in [2.05, 4.69) is 214 Å². The average Bonchev–Trinajstić information content (AvgIpc) is 1.57. The molecule has 108 heavy (non-hydrogen) atoms. The Morgan fingerprint density at radius 1 is 0.204 bits per heavy atom. The zero-order valence-electron chi connectivity index (χ0n) is 58.1. The molecule has 0 aliphatic rings. The van der Waals surface area contributed by atoms with Crippen LogP contribution in [0.15, 0.2) is 297 Å². The van der Waals surface area contributed by atoms with Gasteiger partial charge in [0.2, 0.25) is 5.95 Å². The van der Waals surface area contributed by atoms with Crippen molar-refractivity contribution in [1.82, 2.24) is 24.1 Å². The van der Waals surface area contributed by atoms with Gasteiger partial charge in [0.05, 0.1) is 22.1 Å². The zero-order chi connectivity index (χ0) is 73.5. The molecular formula is C103H57N5. The molecule has 17 aromatic rings. The van der Waals surface area contributed by atoms with Crippen LogP contribution in [0.1, 0.15) is 44.5 Å². The average molecular weight is 1360 g/mol. The number of para-hydroxylation sites is 1. The van der Waals surface area contributed by atoms with Crippen molar-refractivity contribution in [3.63, 3.8) is 0 Å². The number of nitrogens with zero attached hydrogens (tertiary/aromatic N) is 5. The standard InChI is InChI=1S/C103H57N5/c1-9-66-35-27-43-87(83(66)13-5)78-47-52-90(92(65-78)91-46-30-38-69(12-4)86(91)16-8)77-40-26-39-72(57-77)73-49-55-99-95(61-73)96-63-75(50-56-100(96)108(99)103-105-101(70-31-20-17-21-32-70)104-102(106-103)71-33-22-18-23-34-71)74-48-53-97-93(62-74)94-64-76(51-54-98(94)107(97)82-41-24-19-25-42-82)79-58-80(88-44-28-36-67(10-2)84(88)14-6)60-81(59-79)89-45-29-37-68(11-3)85(89)15-7/h1-8,17-65H. The van der Waals surface area contributed by atoms with Gasteiger partial charge in [-0.05, 0) is 204 Å². The van der Waals surface area contributed by atoms with Crippen LogP contribution in [-0.2, 0) is 0 Å². The van der Waals surface area contributed by atoms with Crippen molar-refractivity contribution < 1.29 is 0 Å². The normalized spacial score (nSPS) is 10.9. The predicted octanol–water partition coefficient (Wildman–Crippen LogP) is 22.6. The lowest BCUT2D eigenvalue weighted by atomic mass is 9.86. The van der Waals surface area contributed by atoms with Crippen molar-refractivity contribution in [3.05, 3.63) is 342 Å². The number of hydrogen-bond donors (Lipinski definition) is 0. The lowest BCUT2D eigenvalue weighted by Crippen LogP contribution is -2.06. The minimum absolute atomic E-state index is 0.473. The van der Waals surface area contributed by atoms with Crippen molar-refractivity contribution in [2.75, 3.05) is 0 Å². The van der Waals surface area contributed by atoms with Crippen LogP contribution in [0.2, 0.25) is 0 Å². The summed E-state index contributed by atoms with van der Waals surface area (Å²) in [5, 5.41) is 4.08. The van der Waals surface area contributed by atoms with Gasteiger partial charge in [0.15, 0.2) is 11.6 Å². The summed E-state index contributed by atoms with van der Waals surface area (Å²) < 4.78 is 4.50. The summed E-state index contributed by atoms with van der Waals surface area (Å²) >= 11 is 0. The van der Waals surface area contributed by atoms with Crippen LogP contribution >= 0.6 is 0 Å². The van der Waals surface area contributed by atoms with Crippen LogP contribution in [0.25, 0.3) is 167 Å². The highest BCUT2D eigenvalue weighted by molar-refractivity contribution is 6.14. The van der Waals surface area contributed by atoms with Gasteiger partial charge in [0, 0.05) is 82.9 Å². The molecule has 0 unspecified atom stereocenters. The lowest BCUT2D eigenvalue weighted by Gasteiger charge is -2.17. The molecular weight excluding hydrogens is 1310 g/mol. The minimum Gasteiger partial charge on any atom is -0.309 e. The first-order valence-electron chi connectivity index (χ1n) is 34.9. The molecule has 494 valence electrons. The van der Waals surface area contributed by atoms with E-state index < -0.39 is 0 Å². The van der Waals surface area contributed by atoms with Crippen molar-refractivity contribution >= 4 is 43.6 Å². The maximum atomic E-state index is 6.34. The monoisotopic (exact) mass is 1360 g/mol. The van der Waals surface area contributed by atoms with Crippen LogP contribution in [0.4, 0.5) is 0 Å². The molecule has 0 N–H and O–H groups in total. The summed E-state index contributed by atoms with van der Waals surface area (Å²) in [6, 6.07) is 102. The van der Waals surface area contributed by atoms with E-state index in [1.165, 1.54) is 0 Å². The second-order valence-electron chi connectivity index (χ2n) is 26.2. The maximum absolute atomic E-state index is 6.34. The highest BCUT2D eigenvalue weighted by Gasteiger charge is 2.24. The smallest absolute Gasteiger partial charge is 0.238 e. The highest BCUT2D eigenvalue weighted by atomic mass is 15.2. The minimum atomic E-state index is 0.473. The first-order valence-corrected chi connectivity index (χ1v) is 34.9.